The molecule has 0 unspecified atom stereocenters. The molecule has 1 aliphatic rings. The predicted octanol–water partition coefficient (Wildman–Crippen LogP) is 0.295. The maximum Gasteiger partial charge on any atom is 0.272 e. The summed E-state index contributed by atoms with van der Waals surface area (Å²) in [6, 6.07) is 0. The highest BCUT2D eigenvalue weighted by Crippen LogP contribution is 2.43. The molecule has 6 nitrogen and oxygen atoms in total. The number of hydrogen-bond donors (Lipinski definition) is 2. The van der Waals surface area contributed by atoms with Crippen molar-refractivity contribution in [3.63, 3.8) is 0 Å². The molecule has 1 saturated carbocycles. The van der Waals surface area contributed by atoms with Crippen LogP contribution in [0.3, 0.4) is 0 Å². The number of hydrogen-bond acceptors (Lipinski definition) is 4. The van der Waals surface area contributed by atoms with Gasteiger partial charge in [-0.15, -0.1) is 5.92 Å². The summed E-state index contributed by atoms with van der Waals surface area (Å²) in [5.74, 6) is 5.33. The summed E-state index contributed by atoms with van der Waals surface area (Å²) in [5.41, 5.74) is 4.41. The Morgan fingerprint density at radius 3 is 2.61 bits per heavy atom. The van der Waals surface area contributed by atoms with E-state index in [1.165, 1.54) is 7.11 Å². The topological polar surface area (TPSA) is 76.7 Å². The first-order chi connectivity index (χ1) is 8.56. The number of rotatable bonds is 6. The van der Waals surface area contributed by atoms with E-state index < -0.39 is 5.91 Å². The Bertz CT molecular complexity index is 366. The fourth-order valence-electron chi connectivity index (χ4n) is 1.14. The maximum atomic E-state index is 11.3. The van der Waals surface area contributed by atoms with E-state index in [2.05, 4.69) is 39.4 Å². The number of carbonyl (C=O) groups is 2. The molecule has 0 aromatic carbocycles. The van der Waals surface area contributed by atoms with E-state index in [1.807, 2.05) is 0 Å². The van der Waals surface area contributed by atoms with Crippen molar-refractivity contribution in [3.8, 4) is 11.8 Å². The van der Waals surface area contributed by atoms with Crippen LogP contribution >= 0.6 is 0 Å². The minimum absolute atomic E-state index is 0.186. The monoisotopic (exact) mass is 254 g/mol. The molecule has 100 valence electrons. The van der Waals surface area contributed by atoms with Crippen LogP contribution in [0.2, 0.25) is 0 Å². The summed E-state index contributed by atoms with van der Waals surface area (Å²) < 4.78 is 0. The zero-order valence-electron chi connectivity index (χ0n) is 10.7. The van der Waals surface area contributed by atoms with E-state index in [0.717, 1.165) is 12.8 Å². The van der Waals surface area contributed by atoms with Gasteiger partial charge in [0, 0.05) is 18.3 Å². The van der Waals surface area contributed by atoms with Crippen LogP contribution in [0.4, 0.5) is 0 Å². The average molecular weight is 254 g/mol. The second kappa shape index (κ2) is 6.99. The van der Waals surface area contributed by atoms with Crippen molar-refractivity contribution in [1.82, 2.24) is 11.0 Å². The highest BCUT2D eigenvalue weighted by atomic mass is 16.7. The van der Waals surface area contributed by atoms with E-state index in [0.29, 0.717) is 6.42 Å². The summed E-state index contributed by atoms with van der Waals surface area (Å²) in [5, 5.41) is 0. The summed E-state index contributed by atoms with van der Waals surface area (Å²) in [6.45, 7) is 1.82. The molecule has 0 atom stereocenters. The molecular weight excluding hydrogens is 236 g/mol. The van der Waals surface area contributed by atoms with Gasteiger partial charge in [0.1, 0.15) is 0 Å². The number of hydroxylamine groups is 2. The second-order valence-electron chi connectivity index (χ2n) is 4.41. The van der Waals surface area contributed by atoms with Crippen molar-refractivity contribution in [3.05, 3.63) is 0 Å². The molecule has 2 N–H and O–H groups in total. The lowest BCUT2D eigenvalue weighted by molar-refractivity contribution is -0.144. The molecule has 0 aromatic rings. The molecule has 0 spiro atoms. The first-order valence-electron chi connectivity index (χ1n) is 5.78. The Kier molecular flexibility index (Phi) is 5.62. The minimum atomic E-state index is -0.473. The molecule has 1 rings (SSSR count). The van der Waals surface area contributed by atoms with E-state index in [4.69, 9.17) is 0 Å². The molecule has 0 bridgehead atoms. The molecule has 1 aliphatic carbocycles. The highest BCUT2D eigenvalue weighted by Gasteiger charge is 2.34. The van der Waals surface area contributed by atoms with Gasteiger partial charge in [-0.1, -0.05) is 5.92 Å². The van der Waals surface area contributed by atoms with Crippen LogP contribution in [0.15, 0.2) is 0 Å². The zero-order valence-corrected chi connectivity index (χ0v) is 10.7. The molecule has 2 amide bonds. The lowest BCUT2D eigenvalue weighted by atomic mass is 10.1. The highest BCUT2D eigenvalue weighted by molar-refractivity contribution is 5.77. The van der Waals surface area contributed by atoms with Crippen LogP contribution < -0.4 is 11.0 Å². The van der Waals surface area contributed by atoms with Gasteiger partial charge in [-0.05, 0) is 19.8 Å². The van der Waals surface area contributed by atoms with Crippen LogP contribution in [-0.4, -0.2) is 25.5 Å². The van der Waals surface area contributed by atoms with Crippen LogP contribution in [0, 0.1) is 17.3 Å². The van der Waals surface area contributed by atoms with E-state index in [-0.39, 0.29) is 24.3 Å². The quantitative estimate of drug-likeness (QED) is 0.528. The Hall–Kier alpha value is -1.58. The SMILES string of the molecule is CONC(=O)CONC(=O)CCC#CC1(C)CC1. The molecule has 1 fully saturated rings. The fraction of sp³-hybridized carbons (Fsp3) is 0.667. The Balaban J connectivity index is 2.03. The Morgan fingerprint density at radius 2 is 2.00 bits per heavy atom. The Labute approximate surface area is 106 Å². The van der Waals surface area contributed by atoms with Crippen molar-refractivity contribution in [1.29, 1.82) is 0 Å². The number of carbonyl (C=O) groups excluding carboxylic acids is 2. The van der Waals surface area contributed by atoms with Gasteiger partial charge in [0.25, 0.3) is 5.91 Å². The zero-order chi connectivity index (χ0) is 13.4. The van der Waals surface area contributed by atoms with Crippen LogP contribution in [-0.2, 0) is 19.3 Å². The van der Waals surface area contributed by atoms with E-state index >= 15 is 0 Å². The van der Waals surface area contributed by atoms with Crippen molar-refractivity contribution in [2.75, 3.05) is 13.7 Å². The van der Waals surface area contributed by atoms with Gasteiger partial charge in [-0.2, -0.15) is 0 Å². The van der Waals surface area contributed by atoms with Gasteiger partial charge in [-0.3, -0.25) is 19.3 Å². The lowest BCUT2D eigenvalue weighted by Gasteiger charge is -2.04. The van der Waals surface area contributed by atoms with Crippen LogP contribution in [0.1, 0.15) is 32.6 Å². The summed E-state index contributed by atoms with van der Waals surface area (Å²) >= 11 is 0. The third kappa shape index (κ3) is 6.23. The van der Waals surface area contributed by atoms with Gasteiger partial charge in [0.2, 0.25) is 5.91 Å². The van der Waals surface area contributed by atoms with Crippen molar-refractivity contribution >= 4 is 11.8 Å². The third-order valence-electron chi connectivity index (χ3n) is 2.47. The normalized spacial score (nSPS) is 15.2. The number of nitrogens with one attached hydrogen (secondary N) is 2. The molecule has 18 heavy (non-hydrogen) atoms. The van der Waals surface area contributed by atoms with Gasteiger partial charge >= 0.3 is 0 Å². The summed E-state index contributed by atoms with van der Waals surface area (Å²) in [7, 11) is 1.31. The van der Waals surface area contributed by atoms with Gasteiger partial charge < -0.3 is 0 Å². The van der Waals surface area contributed by atoms with Crippen molar-refractivity contribution in [2.45, 2.75) is 32.6 Å². The molecule has 0 saturated heterocycles. The molecule has 0 aliphatic heterocycles. The molecule has 0 aromatic heterocycles. The maximum absolute atomic E-state index is 11.3. The molecule has 0 heterocycles. The first-order valence-corrected chi connectivity index (χ1v) is 5.78. The van der Waals surface area contributed by atoms with Crippen LogP contribution in [0.5, 0.6) is 0 Å². The van der Waals surface area contributed by atoms with Gasteiger partial charge in [0.05, 0.1) is 7.11 Å². The second-order valence-corrected chi connectivity index (χ2v) is 4.41. The molecular formula is C12H18N2O4. The predicted molar refractivity (Wildman–Crippen MR) is 63.6 cm³/mol. The third-order valence-corrected chi connectivity index (χ3v) is 2.47. The van der Waals surface area contributed by atoms with Gasteiger partial charge in [-0.25, -0.2) is 11.0 Å². The van der Waals surface area contributed by atoms with Crippen LogP contribution in [0.25, 0.3) is 0 Å². The van der Waals surface area contributed by atoms with Crippen molar-refractivity contribution < 1.29 is 19.3 Å². The lowest BCUT2D eigenvalue weighted by Crippen LogP contribution is -2.32. The molecule has 0 radical (unpaired) electrons. The Morgan fingerprint density at radius 1 is 1.28 bits per heavy atom. The fourth-order valence-corrected chi connectivity index (χ4v) is 1.14. The standard InChI is InChI=1S/C12H18N2O4/c1-12(7-8-12)6-4-3-5-10(15)14-18-9-11(16)13-17-2/h3,5,7-9H2,1-2H3,(H,13,16)(H,14,15). The smallest absolute Gasteiger partial charge is 0.272 e. The van der Waals surface area contributed by atoms with Crippen molar-refractivity contribution in [2.24, 2.45) is 5.41 Å². The number of amides is 2. The summed E-state index contributed by atoms with van der Waals surface area (Å²) in [4.78, 5) is 31.2. The average Bonchev–Trinajstić information content (AvgIpc) is 3.04. The largest absolute Gasteiger partial charge is 0.277 e. The van der Waals surface area contributed by atoms with E-state index in [1.54, 1.807) is 0 Å². The summed E-state index contributed by atoms with van der Waals surface area (Å²) in [6.07, 6.45) is 3.04. The van der Waals surface area contributed by atoms with E-state index in [9.17, 15) is 9.59 Å². The molecule has 6 heteroatoms. The minimum Gasteiger partial charge on any atom is -0.277 e. The first kappa shape index (κ1) is 14.5. The van der Waals surface area contributed by atoms with Gasteiger partial charge in [0.15, 0.2) is 6.61 Å².